The Hall–Kier alpha value is -2.02. The van der Waals surface area contributed by atoms with Gasteiger partial charge in [-0.25, -0.2) is 0 Å². The molecule has 28 heavy (non-hydrogen) atoms. The minimum atomic E-state index is -7.97. The number of carbonyl (C=O) groups excluding carboxylic acids is 1. The van der Waals surface area contributed by atoms with Gasteiger partial charge in [0.1, 0.15) is 0 Å². The first-order valence-electron chi connectivity index (χ1n) is 6.78. The van der Waals surface area contributed by atoms with Gasteiger partial charge in [-0.1, -0.05) is 30.3 Å². The maximum Gasteiger partial charge on any atom is 0.460 e. The quantitative estimate of drug-likeness (QED) is 0.377. The minimum absolute atomic E-state index is 0.751. The van der Waals surface area contributed by atoms with Crippen LogP contribution < -0.4 is 0 Å². The number of carbonyl (C=O) groups is 1. The van der Waals surface area contributed by atoms with Crippen LogP contribution >= 0.6 is 0 Å². The van der Waals surface area contributed by atoms with Crippen LogP contribution in [0.15, 0.2) is 30.3 Å². The van der Waals surface area contributed by atoms with Gasteiger partial charge in [-0.15, -0.1) is 0 Å². The van der Waals surface area contributed by atoms with E-state index in [1.807, 2.05) is 0 Å². The van der Waals surface area contributed by atoms with Crippen molar-refractivity contribution in [2.75, 3.05) is 0 Å². The van der Waals surface area contributed by atoms with Gasteiger partial charge < -0.3 is 0 Å². The highest BCUT2D eigenvalue weighted by atomic mass is 19.4. The van der Waals surface area contributed by atoms with Crippen molar-refractivity contribution >= 4 is 5.78 Å². The average molecular weight is 438 g/mol. The molecule has 0 amide bonds. The molecule has 0 aliphatic heterocycles. The molecular formula is C14H7F13O. The Balaban J connectivity index is 3.35. The van der Waals surface area contributed by atoms with Gasteiger partial charge >= 0.3 is 35.8 Å². The molecule has 0 N–H and O–H groups in total. The predicted molar refractivity (Wildman–Crippen MR) is 66.2 cm³/mol. The summed E-state index contributed by atoms with van der Waals surface area (Å²) in [5, 5.41) is 0. The van der Waals surface area contributed by atoms with E-state index in [1.54, 1.807) is 0 Å². The number of halogens is 13. The van der Waals surface area contributed by atoms with Crippen LogP contribution in [-0.4, -0.2) is 41.6 Å². The molecule has 0 bridgehead atoms. The Morgan fingerprint density at radius 1 is 0.607 bits per heavy atom. The summed E-state index contributed by atoms with van der Waals surface area (Å²) in [6, 6.07) is 4.77. The molecule has 0 aromatic heterocycles. The first kappa shape index (κ1) is 24.0. The van der Waals surface area contributed by atoms with E-state index in [9.17, 15) is 61.9 Å². The third-order valence-electron chi connectivity index (χ3n) is 3.48. The lowest BCUT2D eigenvalue weighted by atomic mass is 9.91. The Morgan fingerprint density at radius 2 is 1.00 bits per heavy atom. The first-order valence-corrected chi connectivity index (χ1v) is 6.78. The molecule has 0 atom stereocenters. The third-order valence-corrected chi connectivity index (χ3v) is 3.48. The van der Waals surface area contributed by atoms with Crippen molar-refractivity contribution in [1.29, 1.82) is 0 Å². The largest absolute Gasteiger partial charge is 0.460 e. The molecular weight excluding hydrogens is 431 g/mol. The molecule has 0 fully saturated rings. The normalized spacial score (nSPS) is 14.9. The lowest BCUT2D eigenvalue weighted by Crippen LogP contribution is -2.70. The fourth-order valence-corrected chi connectivity index (χ4v) is 1.84. The van der Waals surface area contributed by atoms with Gasteiger partial charge in [-0.2, -0.15) is 57.1 Å². The summed E-state index contributed by atoms with van der Waals surface area (Å²) in [4.78, 5) is 11.5. The molecule has 0 aliphatic rings. The molecule has 1 aromatic carbocycles. The van der Waals surface area contributed by atoms with Crippen molar-refractivity contribution in [2.24, 2.45) is 0 Å². The Bertz CT molecular complexity index is 706. The van der Waals surface area contributed by atoms with Crippen molar-refractivity contribution in [3.8, 4) is 0 Å². The molecule has 1 rings (SSSR count). The molecule has 0 spiro atoms. The molecule has 1 nitrogen and oxygen atoms in total. The zero-order chi connectivity index (χ0) is 22.4. The number of benzene rings is 1. The van der Waals surface area contributed by atoms with E-state index in [2.05, 4.69) is 0 Å². The molecule has 0 radical (unpaired) electrons. The second-order valence-corrected chi connectivity index (χ2v) is 5.47. The van der Waals surface area contributed by atoms with Gasteiger partial charge in [-0.3, -0.25) is 4.79 Å². The minimum Gasteiger partial charge on any atom is -0.294 e. The number of alkyl halides is 13. The zero-order valence-electron chi connectivity index (χ0n) is 12.9. The third kappa shape index (κ3) is 3.52. The van der Waals surface area contributed by atoms with E-state index in [0.717, 1.165) is 24.3 Å². The van der Waals surface area contributed by atoms with Gasteiger partial charge in [0.2, 0.25) is 0 Å². The van der Waals surface area contributed by atoms with Crippen LogP contribution in [0, 0.1) is 0 Å². The molecule has 14 heteroatoms. The molecule has 160 valence electrons. The summed E-state index contributed by atoms with van der Waals surface area (Å²) in [5.74, 6) is -39.5. The zero-order valence-corrected chi connectivity index (χ0v) is 12.9. The summed E-state index contributed by atoms with van der Waals surface area (Å²) in [5.41, 5.74) is -0.756. The predicted octanol–water partition coefficient (Wildman–Crippen LogP) is 6.00. The lowest BCUT2D eigenvalue weighted by Gasteiger charge is -2.39. The van der Waals surface area contributed by atoms with Gasteiger partial charge in [0, 0.05) is 5.56 Å². The molecule has 0 heterocycles. The monoisotopic (exact) mass is 438 g/mol. The van der Waals surface area contributed by atoms with Gasteiger partial charge in [0.25, 0.3) is 0 Å². The summed E-state index contributed by atoms with van der Waals surface area (Å²) >= 11 is 0. The number of ketones is 1. The molecule has 1 aromatic rings. The van der Waals surface area contributed by atoms with Crippen molar-refractivity contribution in [3.63, 3.8) is 0 Å². The van der Waals surface area contributed by atoms with Crippen LogP contribution in [0.5, 0.6) is 0 Å². The van der Waals surface area contributed by atoms with Crippen molar-refractivity contribution in [3.05, 3.63) is 35.9 Å². The topological polar surface area (TPSA) is 17.1 Å². The number of Topliss-reactive ketones (excluding diaryl/α,β-unsaturated/α-hetero) is 1. The van der Waals surface area contributed by atoms with E-state index >= 15 is 0 Å². The van der Waals surface area contributed by atoms with Crippen molar-refractivity contribution < 1.29 is 61.9 Å². The van der Waals surface area contributed by atoms with Gasteiger partial charge in [0.15, 0.2) is 5.78 Å². The van der Waals surface area contributed by atoms with Crippen molar-refractivity contribution in [2.45, 2.75) is 42.2 Å². The van der Waals surface area contributed by atoms with E-state index in [0.29, 0.717) is 0 Å². The van der Waals surface area contributed by atoms with E-state index in [1.165, 1.54) is 6.07 Å². The van der Waals surface area contributed by atoms with Crippen LogP contribution in [0.4, 0.5) is 57.1 Å². The van der Waals surface area contributed by atoms with Gasteiger partial charge in [0.05, 0.1) is 6.42 Å². The molecule has 0 saturated carbocycles. The Morgan fingerprint density at radius 3 is 1.39 bits per heavy atom. The first-order chi connectivity index (χ1) is 12.2. The maximum absolute atomic E-state index is 13.5. The summed E-state index contributed by atoms with van der Waals surface area (Å²) in [7, 11) is 0. The number of rotatable bonds is 7. The smallest absolute Gasteiger partial charge is 0.294 e. The standard InChI is InChI=1S/C14H7F13O/c15-9(16,6-8(28)7-4-2-1-3-5-7)10(17,18)11(19,20)12(21,22)13(23,24)14(25,26)27/h1-5H,6H2. The highest BCUT2D eigenvalue weighted by Gasteiger charge is 2.90. The summed E-state index contributed by atoms with van der Waals surface area (Å²) in [6.45, 7) is 0. The lowest BCUT2D eigenvalue weighted by molar-refractivity contribution is -0.439. The Kier molecular flexibility index (Phi) is 5.83. The van der Waals surface area contributed by atoms with E-state index in [4.69, 9.17) is 0 Å². The van der Waals surface area contributed by atoms with Crippen molar-refractivity contribution in [1.82, 2.24) is 0 Å². The summed E-state index contributed by atoms with van der Waals surface area (Å²) in [6.07, 6.45) is -10.3. The maximum atomic E-state index is 13.5. The second kappa shape index (κ2) is 6.79. The SMILES string of the molecule is O=C(CC(F)(F)C(F)(F)C(F)(F)C(F)(F)C(F)(F)C(F)(F)F)c1ccccc1. The second-order valence-electron chi connectivity index (χ2n) is 5.47. The molecule has 0 unspecified atom stereocenters. The van der Waals surface area contributed by atoms with Crippen LogP contribution in [0.3, 0.4) is 0 Å². The van der Waals surface area contributed by atoms with Crippen LogP contribution in [-0.2, 0) is 0 Å². The number of hydrogen-bond acceptors (Lipinski definition) is 1. The Labute approximate surface area is 147 Å². The highest BCUT2D eigenvalue weighted by Crippen LogP contribution is 2.60. The fourth-order valence-electron chi connectivity index (χ4n) is 1.84. The molecule has 0 aliphatic carbocycles. The van der Waals surface area contributed by atoms with Crippen LogP contribution in [0.1, 0.15) is 16.8 Å². The average Bonchev–Trinajstić information content (AvgIpc) is 2.53. The fraction of sp³-hybridized carbons (Fsp3) is 0.500. The van der Waals surface area contributed by atoms with Crippen LogP contribution in [0.2, 0.25) is 0 Å². The van der Waals surface area contributed by atoms with E-state index < -0.39 is 53.6 Å². The van der Waals surface area contributed by atoms with E-state index in [-0.39, 0.29) is 0 Å². The summed E-state index contributed by atoms with van der Waals surface area (Å²) < 4.78 is 168. The molecule has 0 saturated heterocycles. The van der Waals surface area contributed by atoms with Gasteiger partial charge in [-0.05, 0) is 0 Å². The number of hydrogen-bond donors (Lipinski definition) is 0. The van der Waals surface area contributed by atoms with Crippen LogP contribution in [0.25, 0.3) is 0 Å². The highest BCUT2D eigenvalue weighted by molar-refractivity contribution is 5.96.